The molecule has 6 heteroatoms. The number of para-hydroxylation sites is 1. The Hall–Kier alpha value is -1.95. The van der Waals surface area contributed by atoms with Crippen molar-refractivity contribution in [3.63, 3.8) is 0 Å². The number of thiazole rings is 1. The van der Waals surface area contributed by atoms with E-state index in [0.717, 1.165) is 35.6 Å². The van der Waals surface area contributed by atoms with Gasteiger partial charge in [0.2, 0.25) is 0 Å². The topological polar surface area (TPSA) is 46.4 Å². The van der Waals surface area contributed by atoms with E-state index in [1.807, 2.05) is 24.3 Å². The van der Waals surface area contributed by atoms with Crippen LogP contribution in [0.25, 0.3) is 10.2 Å². The Kier molecular flexibility index (Phi) is 4.70. The molecular weight excluding hydrogens is 354 g/mol. The molecule has 4 nitrogen and oxygen atoms in total. The first-order valence-corrected chi connectivity index (χ1v) is 9.64. The number of nitrogens with zero attached hydrogens (tertiary/aromatic N) is 1. The van der Waals surface area contributed by atoms with Crippen LogP contribution in [0, 0.1) is 0 Å². The number of hydrogen-bond donors (Lipinski definition) is 2. The zero-order valence-electron chi connectivity index (χ0n) is 13.7. The van der Waals surface area contributed by atoms with E-state index in [2.05, 4.69) is 17.4 Å². The van der Waals surface area contributed by atoms with Gasteiger partial charge in [-0.25, -0.2) is 4.98 Å². The Morgan fingerprint density at radius 2 is 2.16 bits per heavy atom. The van der Waals surface area contributed by atoms with Gasteiger partial charge < -0.3 is 10.2 Å². The Balaban J connectivity index is 1.46. The van der Waals surface area contributed by atoms with Gasteiger partial charge in [0, 0.05) is 23.6 Å². The molecule has 1 fully saturated rings. The minimum atomic E-state index is 0.0188. The van der Waals surface area contributed by atoms with Crippen molar-refractivity contribution in [2.24, 2.45) is 0 Å². The minimum absolute atomic E-state index is 0.0188. The lowest BCUT2D eigenvalue weighted by Crippen LogP contribution is -3.11. The Morgan fingerprint density at radius 1 is 1.28 bits per heavy atom. The van der Waals surface area contributed by atoms with Crippen LogP contribution < -0.4 is 10.2 Å². The van der Waals surface area contributed by atoms with E-state index in [4.69, 9.17) is 16.6 Å². The first kappa shape index (κ1) is 16.5. The molecule has 4 rings (SSSR count). The summed E-state index contributed by atoms with van der Waals surface area (Å²) in [6.07, 6.45) is 2.21. The summed E-state index contributed by atoms with van der Waals surface area (Å²) in [7, 11) is 0. The summed E-state index contributed by atoms with van der Waals surface area (Å²) < 4.78 is 1.21. The van der Waals surface area contributed by atoms with Gasteiger partial charge in [0.25, 0.3) is 5.91 Å². The number of likely N-dealkylation sites (tertiary alicyclic amines) is 1. The van der Waals surface area contributed by atoms with Crippen molar-refractivity contribution in [2.75, 3.05) is 18.4 Å². The van der Waals surface area contributed by atoms with Gasteiger partial charge in [0.1, 0.15) is 6.04 Å². The molecule has 0 bridgehead atoms. The van der Waals surface area contributed by atoms with Gasteiger partial charge in [-0.2, -0.15) is 0 Å². The number of anilines is 1. The Morgan fingerprint density at radius 3 is 3.00 bits per heavy atom. The highest BCUT2D eigenvalue weighted by Gasteiger charge is 2.33. The summed E-state index contributed by atoms with van der Waals surface area (Å²) in [6.45, 7) is 1.46. The fraction of sp³-hybridized carbons (Fsp3) is 0.263. The third-order valence-electron chi connectivity index (χ3n) is 4.59. The minimum Gasteiger partial charge on any atom is -0.321 e. The van der Waals surface area contributed by atoms with Crippen molar-refractivity contribution < 1.29 is 9.69 Å². The monoisotopic (exact) mass is 372 g/mol. The molecule has 1 saturated heterocycles. The molecule has 2 aromatic carbocycles. The summed E-state index contributed by atoms with van der Waals surface area (Å²) in [5.74, 6) is 0.0188. The molecule has 0 spiro atoms. The zero-order valence-corrected chi connectivity index (χ0v) is 15.2. The lowest BCUT2D eigenvalue weighted by atomic mass is 10.2. The summed E-state index contributed by atoms with van der Waals surface area (Å²) in [5.41, 5.74) is 1.80. The maximum Gasteiger partial charge on any atom is 0.279 e. The fourth-order valence-electron chi connectivity index (χ4n) is 3.44. The van der Waals surface area contributed by atoms with Gasteiger partial charge in [0.05, 0.1) is 16.8 Å². The van der Waals surface area contributed by atoms with Crippen molar-refractivity contribution in [1.29, 1.82) is 0 Å². The van der Waals surface area contributed by atoms with Crippen LogP contribution in [0.5, 0.6) is 0 Å². The molecule has 0 aliphatic carbocycles. The molecule has 1 unspecified atom stereocenters. The van der Waals surface area contributed by atoms with Gasteiger partial charge in [-0.05, 0) is 30.3 Å². The van der Waals surface area contributed by atoms with Crippen molar-refractivity contribution >= 4 is 44.7 Å². The number of carbonyl (C=O) groups excluding carboxylic acids is 1. The third-order valence-corrected chi connectivity index (χ3v) is 5.97. The lowest BCUT2D eigenvalue weighted by molar-refractivity contribution is -0.910. The van der Waals surface area contributed by atoms with Gasteiger partial charge in [-0.15, -0.1) is 11.3 Å². The van der Waals surface area contributed by atoms with Gasteiger partial charge in [-0.3, -0.25) is 4.79 Å². The number of aromatic nitrogens is 1. The van der Waals surface area contributed by atoms with Gasteiger partial charge in [-0.1, -0.05) is 29.8 Å². The second-order valence-electron chi connectivity index (χ2n) is 6.36. The molecule has 2 N–H and O–H groups in total. The number of quaternary nitrogens is 1. The molecule has 2 heterocycles. The van der Waals surface area contributed by atoms with E-state index in [1.54, 1.807) is 23.5 Å². The van der Waals surface area contributed by atoms with Crippen LogP contribution in [0.15, 0.2) is 48.5 Å². The average molecular weight is 373 g/mol. The zero-order chi connectivity index (χ0) is 17.2. The number of halogens is 1. The molecule has 2 atom stereocenters. The predicted molar refractivity (Wildman–Crippen MR) is 102 cm³/mol. The molecule has 1 aliphatic heterocycles. The molecule has 1 aromatic heterocycles. The van der Waals surface area contributed by atoms with Crippen molar-refractivity contribution in [3.05, 3.63) is 58.6 Å². The predicted octanol–water partition coefficient (Wildman–Crippen LogP) is 3.31. The van der Waals surface area contributed by atoms with E-state index in [1.165, 1.54) is 9.60 Å². The second kappa shape index (κ2) is 7.12. The third kappa shape index (κ3) is 3.68. The highest BCUT2D eigenvalue weighted by Crippen LogP contribution is 2.28. The average Bonchev–Trinajstić information content (AvgIpc) is 3.20. The molecule has 0 saturated carbocycles. The maximum absolute atomic E-state index is 12.4. The lowest BCUT2D eigenvalue weighted by Gasteiger charge is -2.19. The van der Waals surface area contributed by atoms with Crippen molar-refractivity contribution in [3.8, 4) is 0 Å². The summed E-state index contributed by atoms with van der Waals surface area (Å²) >= 11 is 7.73. The summed E-state index contributed by atoms with van der Waals surface area (Å²) in [4.78, 5) is 18.5. The van der Waals surface area contributed by atoms with E-state index in [9.17, 15) is 4.79 Å². The molecule has 0 radical (unpaired) electrons. The quantitative estimate of drug-likeness (QED) is 0.738. The molecular formula is C19H19ClN3OS+. The number of carbonyl (C=O) groups is 1. The van der Waals surface area contributed by atoms with Gasteiger partial charge in [0.15, 0.2) is 11.6 Å². The largest absolute Gasteiger partial charge is 0.321 e. The van der Waals surface area contributed by atoms with Crippen LogP contribution in [0.3, 0.4) is 0 Å². The van der Waals surface area contributed by atoms with Gasteiger partial charge >= 0.3 is 0 Å². The standard InChI is InChI=1S/C19H18ClN3OS/c20-13-5-3-6-14(11-13)21-18(24)12-23-10-4-8-16(23)19-22-15-7-1-2-9-17(15)25-19/h1-3,5-7,9,11,16H,4,8,10,12H2,(H,21,24)/p+1/t16-/m1/s1. The number of amides is 1. The SMILES string of the molecule is O=C(C[NH+]1CCC[C@@H]1c1nc2ccccc2s1)Nc1cccc(Cl)c1. The number of fused-ring (bicyclic) bond motifs is 1. The normalized spacial score (nSPS) is 20.0. The number of nitrogens with one attached hydrogen (secondary N) is 2. The molecule has 25 heavy (non-hydrogen) atoms. The van der Waals surface area contributed by atoms with Crippen LogP contribution in [-0.2, 0) is 4.79 Å². The molecule has 1 amide bonds. The van der Waals surface area contributed by atoms with E-state index in [-0.39, 0.29) is 5.91 Å². The number of rotatable bonds is 4. The highest BCUT2D eigenvalue weighted by molar-refractivity contribution is 7.18. The van der Waals surface area contributed by atoms with Crippen LogP contribution in [0.4, 0.5) is 5.69 Å². The maximum atomic E-state index is 12.4. The smallest absolute Gasteiger partial charge is 0.279 e. The highest BCUT2D eigenvalue weighted by atomic mass is 35.5. The molecule has 3 aromatic rings. The Bertz CT molecular complexity index is 877. The number of benzene rings is 2. The van der Waals surface area contributed by atoms with E-state index in [0.29, 0.717) is 17.6 Å². The van der Waals surface area contributed by atoms with E-state index >= 15 is 0 Å². The Labute approximate surface area is 155 Å². The van der Waals surface area contributed by atoms with Crippen LogP contribution in [0.1, 0.15) is 23.9 Å². The first-order chi connectivity index (χ1) is 12.2. The van der Waals surface area contributed by atoms with Crippen LogP contribution in [-0.4, -0.2) is 24.0 Å². The fourth-order valence-corrected chi connectivity index (χ4v) is 4.79. The second-order valence-corrected chi connectivity index (χ2v) is 7.86. The van der Waals surface area contributed by atoms with Crippen molar-refractivity contribution in [1.82, 2.24) is 4.98 Å². The van der Waals surface area contributed by atoms with Crippen LogP contribution >= 0.6 is 22.9 Å². The number of hydrogen-bond acceptors (Lipinski definition) is 3. The summed E-state index contributed by atoms with van der Waals surface area (Å²) in [5, 5.41) is 4.71. The van der Waals surface area contributed by atoms with E-state index < -0.39 is 0 Å². The summed E-state index contributed by atoms with van der Waals surface area (Å²) in [6, 6.07) is 15.8. The molecule has 128 valence electrons. The molecule has 1 aliphatic rings. The van der Waals surface area contributed by atoms with Crippen LogP contribution in [0.2, 0.25) is 5.02 Å². The van der Waals surface area contributed by atoms with Crippen molar-refractivity contribution in [2.45, 2.75) is 18.9 Å². The first-order valence-electron chi connectivity index (χ1n) is 8.44.